The molecular weight excluding hydrogens is 461 g/mol. The summed E-state index contributed by atoms with van der Waals surface area (Å²) >= 11 is 13.6. The van der Waals surface area contributed by atoms with Crippen LogP contribution in [0, 0.1) is 11.8 Å². The minimum atomic E-state index is -1.16. The van der Waals surface area contributed by atoms with Crippen LogP contribution in [0.1, 0.15) is 38.5 Å². The number of methoxy groups -OCH3 is 1. The van der Waals surface area contributed by atoms with E-state index in [0.717, 1.165) is 27.2 Å². The lowest BCUT2D eigenvalue weighted by Crippen LogP contribution is -2.50. The summed E-state index contributed by atoms with van der Waals surface area (Å²) in [4.78, 5) is 39.9. The summed E-state index contributed by atoms with van der Waals surface area (Å²) in [5, 5.41) is 0.177. The fraction of sp³-hybridized carbons (Fsp3) is 0.192. The minimum absolute atomic E-state index is 0.0854. The monoisotopic (exact) mass is 477 g/mol. The van der Waals surface area contributed by atoms with E-state index in [1.807, 2.05) is 48.5 Å². The summed E-state index contributed by atoms with van der Waals surface area (Å²) in [5.41, 5.74) is 4.04. The molecule has 1 aliphatic heterocycles. The molecule has 2 amide bonds. The first-order valence-electron chi connectivity index (χ1n) is 10.5. The van der Waals surface area contributed by atoms with Gasteiger partial charge < -0.3 is 4.74 Å². The van der Waals surface area contributed by atoms with E-state index in [9.17, 15) is 14.4 Å². The van der Waals surface area contributed by atoms with Gasteiger partial charge in [0.25, 0.3) is 0 Å². The van der Waals surface area contributed by atoms with Gasteiger partial charge in [0.15, 0.2) is 0 Å². The smallest absolute Gasteiger partial charge is 0.339 e. The summed E-state index contributed by atoms with van der Waals surface area (Å²) in [6, 6.07) is 20.0. The van der Waals surface area contributed by atoms with Crippen molar-refractivity contribution in [3.63, 3.8) is 0 Å². The maximum atomic E-state index is 13.9. The maximum Gasteiger partial charge on any atom is 0.339 e. The zero-order chi connectivity index (χ0) is 23.1. The predicted molar refractivity (Wildman–Crippen MR) is 124 cm³/mol. The number of alkyl halides is 1. The molecule has 0 N–H and O–H groups in total. The molecule has 7 rings (SSSR count). The standard InChI is InChI=1S/C26H17Cl2NO4/c1-33-25(32)16-12-13(10-11-19(16)27)29-23(30)21-20-14-6-2-4-8-17(14)26(28,22(21)24(29)31)18-9-5-3-7-15(18)20/h2-12,20-22H,1H3/t20?,21-,22-,26?/m0/s1. The quantitative estimate of drug-likeness (QED) is 0.300. The molecule has 0 unspecified atom stereocenters. The number of carbonyl (C=O) groups excluding carboxylic acids is 3. The van der Waals surface area contributed by atoms with E-state index in [1.54, 1.807) is 6.07 Å². The van der Waals surface area contributed by atoms with Gasteiger partial charge >= 0.3 is 5.97 Å². The fourth-order valence-corrected chi connectivity index (χ4v) is 6.62. The van der Waals surface area contributed by atoms with Crippen LogP contribution in [-0.4, -0.2) is 24.9 Å². The van der Waals surface area contributed by atoms with Gasteiger partial charge in [0.2, 0.25) is 11.8 Å². The van der Waals surface area contributed by atoms with Crippen LogP contribution in [0.3, 0.4) is 0 Å². The van der Waals surface area contributed by atoms with Gasteiger partial charge in [-0.3, -0.25) is 9.59 Å². The van der Waals surface area contributed by atoms with E-state index < -0.39 is 22.7 Å². The zero-order valence-electron chi connectivity index (χ0n) is 17.4. The second kappa shape index (κ2) is 6.92. The number of ether oxygens (including phenoxy) is 1. The first-order chi connectivity index (χ1) is 15.9. The molecule has 2 atom stereocenters. The number of anilines is 1. The van der Waals surface area contributed by atoms with Crippen molar-refractivity contribution >= 4 is 46.7 Å². The van der Waals surface area contributed by atoms with Crippen LogP contribution in [-0.2, 0) is 19.2 Å². The average molecular weight is 478 g/mol. The van der Waals surface area contributed by atoms with E-state index in [4.69, 9.17) is 27.9 Å². The molecule has 4 aliphatic rings. The molecule has 1 fully saturated rings. The molecule has 0 spiro atoms. The average Bonchev–Trinajstić information content (AvgIpc) is 3.11. The summed E-state index contributed by atoms with van der Waals surface area (Å²) in [6.07, 6.45) is 0. The molecule has 33 heavy (non-hydrogen) atoms. The van der Waals surface area contributed by atoms with Crippen molar-refractivity contribution in [3.8, 4) is 0 Å². The van der Waals surface area contributed by atoms with E-state index >= 15 is 0 Å². The number of hydrogen-bond donors (Lipinski definition) is 0. The molecule has 1 heterocycles. The van der Waals surface area contributed by atoms with Crippen LogP contribution >= 0.6 is 23.2 Å². The Balaban J connectivity index is 1.55. The molecule has 0 radical (unpaired) electrons. The van der Waals surface area contributed by atoms with Crippen molar-refractivity contribution in [1.82, 2.24) is 0 Å². The van der Waals surface area contributed by atoms with E-state index in [-0.39, 0.29) is 34.0 Å². The SMILES string of the molecule is COC(=O)c1cc(N2C(=O)[C@@H]3[C@@H](C2=O)C2c4ccccc4C3(Cl)c3ccccc32)ccc1Cl. The van der Waals surface area contributed by atoms with Crippen LogP contribution in [0.5, 0.6) is 0 Å². The van der Waals surface area contributed by atoms with Crippen molar-refractivity contribution in [1.29, 1.82) is 0 Å². The highest BCUT2D eigenvalue weighted by Gasteiger charge is 2.68. The van der Waals surface area contributed by atoms with Gasteiger partial charge in [-0.2, -0.15) is 0 Å². The molecule has 0 aromatic heterocycles. The summed E-state index contributed by atoms with van der Waals surface area (Å²) < 4.78 is 4.79. The third-order valence-corrected chi connectivity index (χ3v) is 8.10. The van der Waals surface area contributed by atoms with Crippen LogP contribution in [0.4, 0.5) is 5.69 Å². The zero-order valence-corrected chi connectivity index (χ0v) is 18.9. The van der Waals surface area contributed by atoms with Gasteiger partial charge in [-0.05, 0) is 40.5 Å². The highest BCUT2D eigenvalue weighted by molar-refractivity contribution is 6.35. The second-order valence-corrected chi connectivity index (χ2v) is 9.54. The van der Waals surface area contributed by atoms with E-state index in [2.05, 4.69) is 0 Å². The fourth-order valence-electron chi connectivity index (χ4n) is 5.85. The highest BCUT2D eigenvalue weighted by Crippen LogP contribution is 2.65. The number of nitrogens with zero attached hydrogens (tertiary/aromatic N) is 1. The Morgan fingerprint density at radius 1 is 0.939 bits per heavy atom. The normalized spacial score (nSPS) is 26.6. The molecule has 0 saturated carbocycles. The van der Waals surface area contributed by atoms with Crippen LogP contribution < -0.4 is 4.90 Å². The molecule has 3 aromatic rings. The molecule has 3 aromatic carbocycles. The molecular formula is C26H17Cl2NO4. The van der Waals surface area contributed by atoms with Crippen molar-refractivity contribution in [3.05, 3.63) is 99.6 Å². The third-order valence-electron chi connectivity index (χ3n) is 7.13. The van der Waals surface area contributed by atoms with Gasteiger partial charge in [0.1, 0.15) is 4.87 Å². The second-order valence-electron chi connectivity index (χ2n) is 8.54. The molecule has 2 bridgehead atoms. The lowest BCUT2D eigenvalue weighted by atomic mass is 9.54. The number of benzene rings is 3. The highest BCUT2D eigenvalue weighted by atomic mass is 35.5. The van der Waals surface area contributed by atoms with Gasteiger partial charge in [-0.15, -0.1) is 11.6 Å². The minimum Gasteiger partial charge on any atom is -0.465 e. The lowest BCUT2D eigenvalue weighted by Gasteiger charge is -2.50. The Morgan fingerprint density at radius 2 is 1.55 bits per heavy atom. The summed E-state index contributed by atoms with van der Waals surface area (Å²) in [7, 11) is 1.25. The number of rotatable bonds is 2. The molecule has 3 aliphatic carbocycles. The number of imide groups is 1. The maximum absolute atomic E-state index is 13.9. The number of hydrogen-bond acceptors (Lipinski definition) is 4. The largest absolute Gasteiger partial charge is 0.465 e. The number of esters is 1. The van der Waals surface area contributed by atoms with Crippen molar-refractivity contribution in [2.75, 3.05) is 12.0 Å². The van der Waals surface area contributed by atoms with E-state index in [1.165, 1.54) is 19.2 Å². The Labute approximate surface area is 199 Å². The third kappa shape index (κ3) is 2.47. The van der Waals surface area contributed by atoms with Crippen LogP contribution in [0.2, 0.25) is 5.02 Å². The van der Waals surface area contributed by atoms with Crippen molar-refractivity contribution < 1.29 is 19.1 Å². The Hall–Kier alpha value is -3.15. The Bertz CT molecular complexity index is 1340. The summed E-state index contributed by atoms with van der Waals surface area (Å²) in [5.74, 6) is -3.05. The van der Waals surface area contributed by atoms with Crippen molar-refractivity contribution in [2.24, 2.45) is 11.8 Å². The lowest BCUT2D eigenvalue weighted by molar-refractivity contribution is -0.122. The molecule has 1 saturated heterocycles. The Morgan fingerprint density at radius 3 is 2.15 bits per heavy atom. The molecule has 7 heteroatoms. The van der Waals surface area contributed by atoms with Gasteiger partial charge in [0.05, 0.1) is 35.2 Å². The number of amides is 2. The van der Waals surface area contributed by atoms with E-state index in [0.29, 0.717) is 0 Å². The van der Waals surface area contributed by atoms with Crippen LogP contribution in [0.25, 0.3) is 0 Å². The Kier molecular flexibility index (Phi) is 4.29. The number of carbonyl (C=O) groups is 3. The summed E-state index contributed by atoms with van der Waals surface area (Å²) in [6.45, 7) is 0. The topological polar surface area (TPSA) is 63.7 Å². The molecule has 5 nitrogen and oxygen atoms in total. The predicted octanol–water partition coefficient (Wildman–Crippen LogP) is 4.87. The molecule has 164 valence electrons. The van der Waals surface area contributed by atoms with Gasteiger partial charge in [0, 0.05) is 5.92 Å². The first kappa shape index (κ1) is 20.5. The van der Waals surface area contributed by atoms with Gasteiger partial charge in [-0.1, -0.05) is 60.1 Å². The van der Waals surface area contributed by atoms with Crippen molar-refractivity contribution in [2.45, 2.75) is 10.8 Å². The van der Waals surface area contributed by atoms with Gasteiger partial charge in [-0.25, -0.2) is 9.69 Å². The first-order valence-corrected chi connectivity index (χ1v) is 11.3. The number of halogens is 2. The van der Waals surface area contributed by atoms with Crippen LogP contribution in [0.15, 0.2) is 66.7 Å².